The van der Waals surface area contributed by atoms with E-state index in [0.717, 1.165) is 11.3 Å². The van der Waals surface area contributed by atoms with Gasteiger partial charge in [-0.05, 0) is 38.2 Å². The van der Waals surface area contributed by atoms with E-state index in [4.69, 9.17) is 4.74 Å². The highest BCUT2D eigenvalue weighted by Crippen LogP contribution is 2.20. The lowest BCUT2D eigenvalue weighted by molar-refractivity contribution is 0.299. The monoisotopic (exact) mass is 300 g/mol. The first-order valence-electron chi connectivity index (χ1n) is 6.67. The van der Waals surface area contributed by atoms with Crippen LogP contribution in [0.25, 0.3) is 0 Å². The lowest BCUT2D eigenvalue weighted by Gasteiger charge is -2.25. The van der Waals surface area contributed by atoms with Crippen LogP contribution in [0.1, 0.15) is 24.9 Å². The number of rotatable bonds is 8. The average molecular weight is 300 g/mol. The highest BCUT2D eigenvalue weighted by Gasteiger charge is 2.17. The first-order valence-corrected chi connectivity index (χ1v) is 8.32. The Kier molecular flexibility index (Phi) is 6.45. The smallest absolute Gasteiger partial charge is 0.211 e. The van der Waals surface area contributed by atoms with Gasteiger partial charge in [-0.1, -0.05) is 19.1 Å². The van der Waals surface area contributed by atoms with Crippen LogP contribution >= 0.6 is 0 Å². The van der Waals surface area contributed by atoms with E-state index in [1.807, 2.05) is 50.2 Å². The molecule has 0 amide bonds. The summed E-state index contributed by atoms with van der Waals surface area (Å²) in [6.45, 7) is 2.22. The highest BCUT2D eigenvalue weighted by atomic mass is 32.2. The summed E-state index contributed by atoms with van der Waals surface area (Å²) in [5, 5.41) is 0. The number of likely N-dealkylation sites (N-methyl/N-ethyl adjacent to an activating group) is 1. The fraction of sp³-hybridized carbons (Fsp3) is 0.571. The molecule has 0 radical (unpaired) electrons. The molecule has 1 rings (SSSR count). The lowest BCUT2D eigenvalue weighted by atomic mass is 10.1. The molecule has 0 aliphatic rings. The molecular formula is C14H24N2O3S. The van der Waals surface area contributed by atoms with Crippen molar-refractivity contribution in [2.24, 2.45) is 0 Å². The second-order valence-corrected chi connectivity index (χ2v) is 6.85. The van der Waals surface area contributed by atoms with Gasteiger partial charge in [-0.2, -0.15) is 0 Å². The van der Waals surface area contributed by atoms with Crippen molar-refractivity contribution >= 4 is 10.0 Å². The van der Waals surface area contributed by atoms with Gasteiger partial charge in [0.1, 0.15) is 5.75 Å². The van der Waals surface area contributed by atoms with Gasteiger partial charge < -0.3 is 9.64 Å². The summed E-state index contributed by atoms with van der Waals surface area (Å²) in [5.74, 6) is 0.952. The van der Waals surface area contributed by atoms with Crippen molar-refractivity contribution in [3.05, 3.63) is 29.8 Å². The average Bonchev–Trinajstić information content (AvgIpc) is 2.39. The van der Waals surface area contributed by atoms with E-state index < -0.39 is 10.0 Å². The number of nitrogens with one attached hydrogen (secondary N) is 1. The molecule has 1 aromatic rings. The first kappa shape index (κ1) is 16.9. The molecule has 1 N–H and O–H groups in total. The van der Waals surface area contributed by atoms with Gasteiger partial charge in [0.2, 0.25) is 10.0 Å². The number of hydrogen-bond donors (Lipinski definition) is 1. The zero-order valence-corrected chi connectivity index (χ0v) is 13.4. The minimum atomic E-state index is -3.18. The molecule has 0 fully saturated rings. The predicted molar refractivity (Wildman–Crippen MR) is 81.5 cm³/mol. The molecule has 6 heteroatoms. The van der Waals surface area contributed by atoms with Crippen LogP contribution in [-0.2, 0) is 10.0 Å². The topological polar surface area (TPSA) is 58.6 Å². The second kappa shape index (κ2) is 7.61. The Balaban J connectivity index is 2.78. The van der Waals surface area contributed by atoms with E-state index >= 15 is 0 Å². The van der Waals surface area contributed by atoms with Crippen molar-refractivity contribution in [3.63, 3.8) is 0 Å². The third-order valence-electron chi connectivity index (χ3n) is 3.09. The van der Waals surface area contributed by atoms with Crippen molar-refractivity contribution in [1.82, 2.24) is 9.62 Å². The van der Waals surface area contributed by atoms with Gasteiger partial charge in [0, 0.05) is 12.6 Å². The Morgan fingerprint density at radius 2 is 1.85 bits per heavy atom. The second-order valence-electron chi connectivity index (χ2n) is 4.92. The van der Waals surface area contributed by atoms with Crippen molar-refractivity contribution in [2.45, 2.75) is 19.4 Å². The van der Waals surface area contributed by atoms with E-state index in [1.54, 1.807) is 7.11 Å². The fourth-order valence-electron chi connectivity index (χ4n) is 1.97. The summed E-state index contributed by atoms with van der Waals surface area (Å²) in [6.07, 6.45) is 0.616. The molecule has 0 aliphatic carbocycles. The summed E-state index contributed by atoms with van der Waals surface area (Å²) in [5.41, 5.74) is 1.05. The molecule has 5 nitrogen and oxygen atoms in total. The maximum Gasteiger partial charge on any atom is 0.211 e. The van der Waals surface area contributed by atoms with Crippen molar-refractivity contribution in [1.29, 1.82) is 0 Å². The zero-order valence-electron chi connectivity index (χ0n) is 12.6. The van der Waals surface area contributed by atoms with Crippen LogP contribution in [0.2, 0.25) is 0 Å². The largest absolute Gasteiger partial charge is 0.497 e. The number of methoxy groups -OCH3 is 1. The zero-order chi connectivity index (χ0) is 15.2. The molecule has 0 heterocycles. The molecular weight excluding hydrogens is 276 g/mol. The number of hydrogen-bond acceptors (Lipinski definition) is 4. The Labute approximate surface area is 122 Å². The van der Waals surface area contributed by atoms with Crippen molar-refractivity contribution < 1.29 is 13.2 Å². The molecule has 20 heavy (non-hydrogen) atoms. The van der Waals surface area contributed by atoms with Crippen LogP contribution in [0.5, 0.6) is 5.75 Å². The van der Waals surface area contributed by atoms with Crippen LogP contribution in [0.15, 0.2) is 24.3 Å². The van der Waals surface area contributed by atoms with Gasteiger partial charge in [-0.15, -0.1) is 0 Å². The van der Waals surface area contributed by atoms with E-state index in [9.17, 15) is 8.42 Å². The quantitative estimate of drug-likeness (QED) is 0.793. The molecule has 0 unspecified atom stereocenters. The number of ether oxygens (including phenoxy) is 1. The summed E-state index contributed by atoms with van der Waals surface area (Å²) in [7, 11) is 2.31. The van der Waals surface area contributed by atoms with E-state index in [2.05, 4.69) is 4.72 Å². The normalized spacial score (nSPS) is 13.4. The Bertz CT molecular complexity index is 498. The van der Waals surface area contributed by atoms with E-state index in [-0.39, 0.29) is 11.8 Å². The summed E-state index contributed by atoms with van der Waals surface area (Å²) < 4.78 is 31.3. The minimum absolute atomic E-state index is 0.00691. The highest BCUT2D eigenvalue weighted by molar-refractivity contribution is 7.89. The SMILES string of the molecule is CCCS(=O)(=O)NC[C@@H](c1ccc(OC)cc1)N(C)C. The van der Waals surface area contributed by atoms with Crippen molar-refractivity contribution in [3.8, 4) is 5.75 Å². The van der Waals surface area contributed by atoms with Gasteiger partial charge >= 0.3 is 0 Å². The van der Waals surface area contributed by atoms with Crippen LogP contribution in [0, 0.1) is 0 Å². The standard InChI is InChI=1S/C14H24N2O3S/c1-5-10-20(17,18)15-11-14(16(2)3)12-6-8-13(19-4)9-7-12/h6-9,14-15H,5,10-11H2,1-4H3/t14-/m0/s1. The molecule has 1 aromatic carbocycles. The third kappa shape index (κ3) is 5.11. The van der Waals surface area contributed by atoms with Crippen LogP contribution < -0.4 is 9.46 Å². The summed E-state index contributed by atoms with van der Waals surface area (Å²) in [4.78, 5) is 2.00. The Morgan fingerprint density at radius 1 is 1.25 bits per heavy atom. The van der Waals surface area contributed by atoms with Crippen LogP contribution in [0.4, 0.5) is 0 Å². The molecule has 114 valence electrons. The van der Waals surface area contributed by atoms with Gasteiger partial charge in [0.25, 0.3) is 0 Å². The molecule has 0 bridgehead atoms. The number of nitrogens with zero attached hydrogens (tertiary/aromatic N) is 1. The van der Waals surface area contributed by atoms with Crippen LogP contribution in [-0.4, -0.2) is 46.8 Å². The Morgan fingerprint density at radius 3 is 2.30 bits per heavy atom. The van der Waals surface area contributed by atoms with Crippen LogP contribution in [0.3, 0.4) is 0 Å². The fourth-order valence-corrected chi connectivity index (χ4v) is 3.07. The van der Waals surface area contributed by atoms with Gasteiger partial charge in [-0.3, -0.25) is 0 Å². The number of sulfonamides is 1. The number of benzene rings is 1. The molecule has 0 saturated heterocycles. The van der Waals surface area contributed by atoms with Gasteiger partial charge in [-0.25, -0.2) is 13.1 Å². The van der Waals surface area contributed by atoms with E-state index in [1.165, 1.54) is 0 Å². The summed E-state index contributed by atoms with van der Waals surface area (Å²) >= 11 is 0. The molecule has 0 aromatic heterocycles. The molecule has 0 spiro atoms. The maximum absolute atomic E-state index is 11.7. The molecule has 1 atom stereocenters. The predicted octanol–water partition coefficient (Wildman–Crippen LogP) is 1.63. The van der Waals surface area contributed by atoms with E-state index in [0.29, 0.717) is 13.0 Å². The van der Waals surface area contributed by atoms with Crippen molar-refractivity contribution in [2.75, 3.05) is 33.5 Å². The third-order valence-corrected chi connectivity index (χ3v) is 4.65. The molecule has 0 saturated carbocycles. The molecule has 0 aliphatic heterocycles. The van der Waals surface area contributed by atoms with Gasteiger partial charge in [0.15, 0.2) is 0 Å². The first-order chi connectivity index (χ1) is 9.39. The van der Waals surface area contributed by atoms with Gasteiger partial charge in [0.05, 0.1) is 12.9 Å². The Hall–Kier alpha value is -1.11. The lowest BCUT2D eigenvalue weighted by Crippen LogP contribution is -2.35. The minimum Gasteiger partial charge on any atom is -0.497 e. The maximum atomic E-state index is 11.7. The summed E-state index contributed by atoms with van der Waals surface area (Å²) in [6, 6.07) is 7.67.